The van der Waals surface area contributed by atoms with Crippen LogP contribution in [0.25, 0.3) is 10.2 Å². The molecule has 0 radical (unpaired) electrons. The second-order valence-electron chi connectivity index (χ2n) is 7.19. The molecule has 0 fully saturated rings. The predicted molar refractivity (Wildman–Crippen MR) is 116 cm³/mol. The van der Waals surface area contributed by atoms with E-state index in [2.05, 4.69) is 19.6 Å². The van der Waals surface area contributed by atoms with Gasteiger partial charge in [0.25, 0.3) is 5.56 Å². The van der Waals surface area contributed by atoms with Gasteiger partial charge in [-0.2, -0.15) is 5.26 Å². The SMILES string of the molecule is C=CCn1c(SCc2ccccc2C#N)nc2sc3c(c2c1=O)CCC(C)C3. The number of thiophene rings is 1. The first kappa shape index (κ1) is 19.0. The Balaban J connectivity index is 1.77. The van der Waals surface area contributed by atoms with E-state index >= 15 is 0 Å². The first-order valence-corrected chi connectivity index (χ1v) is 11.2. The Bertz CT molecular complexity index is 1150. The number of fused-ring (bicyclic) bond motifs is 3. The largest absolute Gasteiger partial charge is 0.283 e. The highest BCUT2D eigenvalue weighted by Gasteiger charge is 2.24. The van der Waals surface area contributed by atoms with Gasteiger partial charge in [0.05, 0.1) is 17.0 Å². The van der Waals surface area contributed by atoms with Gasteiger partial charge in [0, 0.05) is 17.2 Å². The summed E-state index contributed by atoms with van der Waals surface area (Å²) in [5.41, 5.74) is 2.86. The molecule has 2 aromatic heterocycles. The molecule has 0 spiro atoms. The minimum absolute atomic E-state index is 0.0352. The van der Waals surface area contributed by atoms with Crippen LogP contribution in [0.15, 0.2) is 46.9 Å². The van der Waals surface area contributed by atoms with Crippen molar-refractivity contribution in [2.45, 2.75) is 43.6 Å². The number of hydrogen-bond acceptors (Lipinski definition) is 5. The van der Waals surface area contributed by atoms with Crippen LogP contribution in [0, 0.1) is 17.2 Å². The van der Waals surface area contributed by atoms with Gasteiger partial charge in [-0.15, -0.1) is 17.9 Å². The summed E-state index contributed by atoms with van der Waals surface area (Å²) in [7, 11) is 0. The molecule has 1 atom stereocenters. The molecule has 1 aliphatic rings. The molecule has 1 aromatic carbocycles. The van der Waals surface area contributed by atoms with E-state index in [4.69, 9.17) is 4.98 Å². The van der Waals surface area contributed by atoms with Crippen molar-refractivity contribution in [1.82, 2.24) is 9.55 Å². The lowest BCUT2D eigenvalue weighted by atomic mass is 9.89. The Morgan fingerprint density at radius 1 is 1.46 bits per heavy atom. The molecule has 4 nitrogen and oxygen atoms in total. The molecule has 0 aliphatic heterocycles. The van der Waals surface area contributed by atoms with Crippen LogP contribution in [0.1, 0.15) is 34.9 Å². The molecule has 1 unspecified atom stereocenters. The molecule has 0 N–H and O–H groups in total. The van der Waals surface area contributed by atoms with E-state index in [0.717, 1.165) is 35.0 Å². The highest BCUT2D eigenvalue weighted by atomic mass is 32.2. The summed E-state index contributed by atoms with van der Waals surface area (Å²) < 4.78 is 1.72. The average Bonchev–Trinajstić information content (AvgIpc) is 3.06. The summed E-state index contributed by atoms with van der Waals surface area (Å²) >= 11 is 3.18. The fourth-order valence-corrected chi connectivity index (χ4v) is 6.14. The van der Waals surface area contributed by atoms with Crippen LogP contribution >= 0.6 is 23.1 Å². The van der Waals surface area contributed by atoms with Crippen molar-refractivity contribution in [3.05, 3.63) is 68.8 Å². The molecule has 0 saturated carbocycles. The molecule has 0 saturated heterocycles. The maximum Gasteiger partial charge on any atom is 0.263 e. The first-order chi connectivity index (χ1) is 13.6. The van der Waals surface area contributed by atoms with Crippen LogP contribution in [0.2, 0.25) is 0 Å². The van der Waals surface area contributed by atoms with Gasteiger partial charge in [0.1, 0.15) is 4.83 Å². The van der Waals surface area contributed by atoms with Gasteiger partial charge in [-0.1, -0.05) is 43.0 Å². The number of aromatic nitrogens is 2. The quantitative estimate of drug-likeness (QED) is 0.342. The molecule has 142 valence electrons. The number of benzene rings is 1. The Hall–Kier alpha value is -2.36. The molecule has 28 heavy (non-hydrogen) atoms. The topological polar surface area (TPSA) is 58.7 Å². The van der Waals surface area contributed by atoms with Gasteiger partial charge in [-0.05, 0) is 42.4 Å². The molecular weight excluding hydrogens is 386 g/mol. The first-order valence-electron chi connectivity index (χ1n) is 9.39. The second kappa shape index (κ2) is 7.94. The minimum Gasteiger partial charge on any atom is -0.283 e. The number of aryl methyl sites for hydroxylation is 1. The lowest BCUT2D eigenvalue weighted by Crippen LogP contribution is -2.23. The predicted octanol–water partition coefficient (Wildman–Crippen LogP) is 4.93. The molecular formula is C22H21N3OS2. The number of allylic oxidation sites excluding steroid dienone is 1. The molecule has 6 heteroatoms. The van der Waals surface area contributed by atoms with E-state index in [1.54, 1.807) is 22.0 Å². The smallest absolute Gasteiger partial charge is 0.263 e. The van der Waals surface area contributed by atoms with Gasteiger partial charge in [0.15, 0.2) is 5.16 Å². The van der Waals surface area contributed by atoms with Gasteiger partial charge >= 0.3 is 0 Å². The van der Waals surface area contributed by atoms with Gasteiger partial charge in [-0.25, -0.2) is 4.98 Å². The van der Waals surface area contributed by atoms with E-state index in [-0.39, 0.29) is 5.56 Å². The summed E-state index contributed by atoms with van der Waals surface area (Å²) in [6.45, 7) is 6.52. The van der Waals surface area contributed by atoms with Gasteiger partial charge in [0.2, 0.25) is 0 Å². The average molecular weight is 408 g/mol. The van der Waals surface area contributed by atoms with Crippen LogP contribution in [0.5, 0.6) is 0 Å². The Morgan fingerprint density at radius 3 is 3.07 bits per heavy atom. The number of thioether (sulfide) groups is 1. The van der Waals surface area contributed by atoms with E-state index in [1.807, 2.05) is 24.3 Å². The van der Waals surface area contributed by atoms with Crippen LogP contribution < -0.4 is 5.56 Å². The number of nitrogens with zero attached hydrogens (tertiary/aromatic N) is 3. The molecule has 2 heterocycles. The maximum absolute atomic E-state index is 13.3. The van der Waals surface area contributed by atoms with Crippen LogP contribution in [0.4, 0.5) is 0 Å². The van der Waals surface area contributed by atoms with Crippen LogP contribution in [-0.4, -0.2) is 9.55 Å². The third-order valence-electron chi connectivity index (χ3n) is 5.19. The monoisotopic (exact) mass is 407 g/mol. The highest BCUT2D eigenvalue weighted by molar-refractivity contribution is 7.98. The van der Waals surface area contributed by atoms with E-state index in [9.17, 15) is 10.1 Å². The fraction of sp³-hybridized carbons (Fsp3) is 0.318. The molecule has 4 rings (SSSR count). The van der Waals surface area contributed by atoms with E-state index < -0.39 is 0 Å². The summed E-state index contributed by atoms with van der Waals surface area (Å²) in [6, 6.07) is 9.79. The van der Waals surface area contributed by atoms with Gasteiger partial charge in [-0.3, -0.25) is 9.36 Å². The summed E-state index contributed by atoms with van der Waals surface area (Å²) in [5.74, 6) is 1.26. The zero-order chi connectivity index (χ0) is 19.7. The molecule has 0 bridgehead atoms. The number of nitriles is 1. The van der Waals surface area contributed by atoms with Crippen molar-refractivity contribution in [3.63, 3.8) is 0 Å². The fourth-order valence-electron chi connectivity index (χ4n) is 3.70. The Labute approximate surface area is 172 Å². The van der Waals surface area contributed by atoms with Crippen molar-refractivity contribution >= 4 is 33.3 Å². The highest BCUT2D eigenvalue weighted by Crippen LogP contribution is 2.36. The third kappa shape index (κ3) is 3.41. The van der Waals surface area contributed by atoms with Gasteiger partial charge < -0.3 is 0 Å². The maximum atomic E-state index is 13.3. The normalized spacial score (nSPS) is 15.9. The Kier molecular flexibility index (Phi) is 5.38. The third-order valence-corrected chi connectivity index (χ3v) is 7.36. The lowest BCUT2D eigenvalue weighted by Gasteiger charge is -2.17. The van der Waals surface area contributed by atoms with Crippen LogP contribution in [-0.2, 0) is 25.1 Å². The zero-order valence-corrected chi connectivity index (χ0v) is 17.4. The zero-order valence-electron chi connectivity index (χ0n) is 15.8. The minimum atomic E-state index is 0.0352. The number of hydrogen-bond donors (Lipinski definition) is 0. The lowest BCUT2D eigenvalue weighted by molar-refractivity contribution is 0.509. The van der Waals surface area contributed by atoms with Crippen LogP contribution in [0.3, 0.4) is 0 Å². The van der Waals surface area contributed by atoms with Crippen molar-refractivity contribution in [2.75, 3.05) is 0 Å². The molecule has 1 aliphatic carbocycles. The second-order valence-corrected chi connectivity index (χ2v) is 9.21. The standard InChI is InChI=1S/C22H21N3OS2/c1-3-10-25-21(26)19-17-9-8-14(2)11-18(17)28-20(19)24-22(25)27-13-16-7-5-4-6-15(16)12-23/h3-7,14H,1,8-11,13H2,2H3. The summed E-state index contributed by atoms with van der Waals surface area (Å²) in [5, 5.41) is 10.8. The van der Waals surface area contributed by atoms with Crippen molar-refractivity contribution in [1.29, 1.82) is 5.26 Å². The summed E-state index contributed by atoms with van der Waals surface area (Å²) in [4.78, 5) is 20.3. The molecule has 3 aromatic rings. The number of rotatable bonds is 5. The van der Waals surface area contributed by atoms with E-state index in [1.165, 1.54) is 22.2 Å². The molecule has 0 amide bonds. The van der Waals surface area contributed by atoms with Crippen molar-refractivity contribution in [2.24, 2.45) is 5.92 Å². The van der Waals surface area contributed by atoms with E-state index in [0.29, 0.717) is 28.9 Å². The Morgan fingerprint density at radius 2 is 2.29 bits per heavy atom. The summed E-state index contributed by atoms with van der Waals surface area (Å²) in [6.07, 6.45) is 4.86. The van der Waals surface area contributed by atoms with Crippen molar-refractivity contribution in [3.8, 4) is 6.07 Å². The van der Waals surface area contributed by atoms with Crippen molar-refractivity contribution < 1.29 is 0 Å².